The van der Waals surface area contributed by atoms with Gasteiger partial charge in [-0.1, -0.05) is 170 Å². The molecule has 8 aromatic rings. The smallest absolute Gasteiger partial charge is 0.164 e. The van der Waals surface area contributed by atoms with E-state index < -0.39 is 0 Å². The van der Waals surface area contributed by atoms with Gasteiger partial charge in [0.25, 0.3) is 0 Å². The molecule has 0 radical (unpaired) electrons. The van der Waals surface area contributed by atoms with Gasteiger partial charge in [-0.25, -0.2) is 15.0 Å². The van der Waals surface area contributed by atoms with Gasteiger partial charge in [-0.2, -0.15) is 0 Å². The molecule has 0 N–H and O–H groups in total. The highest BCUT2D eigenvalue weighted by atomic mass is 15.0. The largest absolute Gasteiger partial charge is 0.208 e. The van der Waals surface area contributed by atoms with Gasteiger partial charge < -0.3 is 0 Å². The van der Waals surface area contributed by atoms with Gasteiger partial charge in [0, 0.05) is 22.1 Å². The first-order chi connectivity index (χ1) is 24.6. The highest BCUT2D eigenvalue weighted by Crippen LogP contribution is 2.53. The lowest BCUT2D eigenvalue weighted by molar-refractivity contribution is 0.714. The third-order valence-corrected chi connectivity index (χ3v) is 10.0. The Hall–Kier alpha value is -6.45. The second kappa shape index (κ2) is 12.2. The van der Waals surface area contributed by atoms with E-state index in [0.717, 1.165) is 27.8 Å². The summed E-state index contributed by atoms with van der Waals surface area (Å²) in [5, 5.41) is 0. The number of hydrogen-bond acceptors (Lipinski definition) is 3. The van der Waals surface area contributed by atoms with Crippen LogP contribution in [0.5, 0.6) is 0 Å². The predicted molar refractivity (Wildman–Crippen MR) is 204 cm³/mol. The first kappa shape index (κ1) is 29.7. The number of hydrogen-bond donors (Lipinski definition) is 0. The average Bonchev–Trinajstić information content (AvgIpc) is 3.47. The van der Waals surface area contributed by atoms with Crippen LogP contribution < -0.4 is 0 Å². The van der Waals surface area contributed by atoms with Crippen LogP contribution in [-0.2, 0) is 5.41 Å². The normalized spacial score (nSPS) is 14.6. The topological polar surface area (TPSA) is 38.7 Å². The summed E-state index contributed by atoms with van der Waals surface area (Å²) in [7, 11) is 0. The lowest BCUT2D eigenvalue weighted by Gasteiger charge is -2.28. The Balaban J connectivity index is 1.07. The molecule has 1 heterocycles. The van der Waals surface area contributed by atoms with Crippen molar-refractivity contribution in [2.75, 3.05) is 0 Å². The van der Waals surface area contributed by atoms with E-state index in [2.05, 4.69) is 128 Å². The third-order valence-electron chi connectivity index (χ3n) is 10.0. The second-order valence-corrected chi connectivity index (χ2v) is 13.0. The lowest BCUT2D eigenvalue weighted by atomic mass is 9.74. The summed E-state index contributed by atoms with van der Waals surface area (Å²) in [5.41, 5.74) is 13.9. The van der Waals surface area contributed by atoms with Crippen LogP contribution in [0.15, 0.2) is 182 Å². The summed E-state index contributed by atoms with van der Waals surface area (Å²) in [5.74, 6) is 1.96. The minimum Gasteiger partial charge on any atom is -0.208 e. The average molecular weight is 640 g/mol. The SMILES string of the molecule is CC1(c2ccccc2)c2ccccc2-c2ccc(-c3ccc(-c4cccc(-c5nc(-c6ccccc6)nc(-c6ccccc6)n5)c4)cc3)cc21. The van der Waals surface area contributed by atoms with Crippen molar-refractivity contribution < 1.29 is 0 Å². The number of fused-ring (bicyclic) bond motifs is 3. The van der Waals surface area contributed by atoms with E-state index in [0.29, 0.717) is 17.5 Å². The molecule has 0 spiro atoms. The highest BCUT2D eigenvalue weighted by molar-refractivity contribution is 5.86. The summed E-state index contributed by atoms with van der Waals surface area (Å²) in [6, 6.07) is 64.2. The Bertz CT molecular complexity index is 2410. The Morgan fingerprint density at radius 2 is 0.760 bits per heavy atom. The number of benzene rings is 7. The van der Waals surface area contributed by atoms with Gasteiger partial charge in [-0.05, 0) is 69.1 Å². The van der Waals surface area contributed by atoms with E-state index in [-0.39, 0.29) is 5.41 Å². The summed E-state index contributed by atoms with van der Waals surface area (Å²) >= 11 is 0. The van der Waals surface area contributed by atoms with Crippen LogP contribution in [-0.4, -0.2) is 15.0 Å². The molecule has 1 aromatic heterocycles. The molecule has 1 unspecified atom stereocenters. The summed E-state index contributed by atoms with van der Waals surface area (Å²) in [6.07, 6.45) is 0. The number of rotatable bonds is 6. The molecule has 0 amide bonds. The fourth-order valence-electron chi connectivity index (χ4n) is 7.38. The van der Waals surface area contributed by atoms with Gasteiger partial charge >= 0.3 is 0 Å². The molecular weight excluding hydrogens is 607 g/mol. The van der Waals surface area contributed by atoms with E-state index in [1.807, 2.05) is 60.7 Å². The fraction of sp³-hybridized carbons (Fsp3) is 0.0426. The van der Waals surface area contributed by atoms with E-state index >= 15 is 0 Å². The molecule has 7 aromatic carbocycles. The molecular formula is C47H33N3. The maximum absolute atomic E-state index is 4.94. The van der Waals surface area contributed by atoms with E-state index in [9.17, 15) is 0 Å². The van der Waals surface area contributed by atoms with Crippen LogP contribution in [0.25, 0.3) is 67.5 Å². The minimum absolute atomic E-state index is 0.223. The van der Waals surface area contributed by atoms with Crippen molar-refractivity contribution >= 4 is 0 Å². The molecule has 0 fully saturated rings. The quantitative estimate of drug-likeness (QED) is 0.182. The first-order valence-electron chi connectivity index (χ1n) is 17.0. The highest BCUT2D eigenvalue weighted by Gasteiger charge is 2.40. The van der Waals surface area contributed by atoms with Gasteiger partial charge in [0.1, 0.15) is 0 Å². The van der Waals surface area contributed by atoms with Crippen LogP contribution in [0, 0.1) is 0 Å². The van der Waals surface area contributed by atoms with E-state index in [4.69, 9.17) is 15.0 Å². The van der Waals surface area contributed by atoms with Crippen molar-refractivity contribution in [3.05, 3.63) is 199 Å². The zero-order valence-electron chi connectivity index (χ0n) is 27.7. The number of nitrogens with zero attached hydrogens (tertiary/aromatic N) is 3. The number of aromatic nitrogens is 3. The van der Waals surface area contributed by atoms with Crippen molar-refractivity contribution in [3.63, 3.8) is 0 Å². The van der Waals surface area contributed by atoms with Gasteiger partial charge in [-0.15, -0.1) is 0 Å². The van der Waals surface area contributed by atoms with Crippen LogP contribution in [0.3, 0.4) is 0 Å². The maximum Gasteiger partial charge on any atom is 0.164 e. The first-order valence-corrected chi connectivity index (χ1v) is 17.0. The van der Waals surface area contributed by atoms with Crippen molar-refractivity contribution in [2.45, 2.75) is 12.3 Å². The molecule has 0 bridgehead atoms. The molecule has 3 heteroatoms. The minimum atomic E-state index is -0.223. The molecule has 0 aliphatic heterocycles. The third kappa shape index (κ3) is 5.12. The Kier molecular flexibility index (Phi) is 7.25. The standard InChI is InChI=1S/C47H33N3/c1-47(39-20-9-4-10-21-39)42-23-12-11-22-40(42)41-29-28-37(31-43(41)47)33-26-24-32(25-27-33)36-18-13-19-38(30-36)46-49-44(34-14-5-2-6-15-34)48-45(50-46)35-16-7-3-8-17-35/h2-31H,1H3. The second-order valence-electron chi connectivity index (χ2n) is 13.0. The van der Waals surface area contributed by atoms with Gasteiger partial charge in [0.15, 0.2) is 17.5 Å². The van der Waals surface area contributed by atoms with Crippen molar-refractivity contribution in [1.29, 1.82) is 0 Å². The van der Waals surface area contributed by atoms with Gasteiger partial charge in [0.2, 0.25) is 0 Å². The Morgan fingerprint density at radius 3 is 1.38 bits per heavy atom. The van der Waals surface area contributed by atoms with Crippen LogP contribution in [0.4, 0.5) is 0 Å². The van der Waals surface area contributed by atoms with Crippen LogP contribution in [0.1, 0.15) is 23.6 Å². The molecule has 0 saturated heterocycles. The zero-order chi connectivity index (χ0) is 33.5. The fourth-order valence-corrected chi connectivity index (χ4v) is 7.38. The molecule has 0 saturated carbocycles. The molecule has 50 heavy (non-hydrogen) atoms. The molecule has 9 rings (SSSR count). The molecule has 1 aliphatic rings. The van der Waals surface area contributed by atoms with Crippen molar-refractivity contribution in [3.8, 4) is 67.5 Å². The summed E-state index contributed by atoms with van der Waals surface area (Å²) in [6.45, 7) is 2.37. The molecule has 1 atom stereocenters. The Labute approximate surface area is 292 Å². The zero-order valence-corrected chi connectivity index (χ0v) is 27.7. The van der Waals surface area contributed by atoms with E-state index in [1.54, 1.807) is 0 Å². The van der Waals surface area contributed by atoms with Crippen molar-refractivity contribution in [2.24, 2.45) is 0 Å². The summed E-state index contributed by atoms with van der Waals surface area (Å²) < 4.78 is 0. The maximum atomic E-state index is 4.94. The van der Waals surface area contributed by atoms with E-state index in [1.165, 1.54) is 38.9 Å². The molecule has 3 nitrogen and oxygen atoms in total. The van der Waals surface area contributed by atoms with Gasteiger partial charge in [0.05, 0.1) is 0 Å². The van der Waals surface area contributed by atoms with Gasteiger partial charge in [-0.3, -0.25) is 0 Å². The van der Waals surface area contributed by atoms with Crippen LogP contribution in [0.2, 0.25) is 0 Å². The molecule has 236 valence electrons. The van der Waals surface area contributed by atoms with Crippen LogP contribution >= 0.6 is 0 Å². The summed E-state index contributed by atoms with van der Waals surface area (Å²) in [4.78, 5) is 14.7. The monoisotopic (exact) mass is 639 g/mol. The lowest BCUT2D eigenvalue weighted by Crippen LogP contribution is -2.22. The predicted octanol–water partition coefficient (Wildman–Crippen LogP) is 11.5. The van der Waals surface area contributed by atoms with Crippen molar-refractivity contribution in [1.82, 2.24) is 15.0 Å². The Morgan fingerprint density at radius 1 is 0.320 bits per heavy atom. The molecule has 1 aliphatic carbocycles.